The van der Waals surface area contributed by atoms with Gasteiger partial charge in [0.25, 0.3) is 5.91 Å². The predicted octanol–water partition coefficient (Wildman–Crippen LogP) is 3.42. The third-order valence-corrected chi connectivity index (χ3v) is 7.89. The molecule has 0 spiro atoms. The van der Waals surface area contributed by atoms with Crippen molar-refractivity contribution < 1.29 is 23.8 Å². The highest BCUT2D eigenvalue weighted by molar-refractivity contribution is 5.97. The molecule has 2 aromatic carbocycles. The molecule has 8 nitrogen and oxygen atoms in total. The van der Waals surface area contributed by atoms with E-state index in [1.807, 2.05) is 23.1 Å². The van der Waals surface area contributed by atoms with E-state index in [1.165, 1.54) is 26.2 Å². The summed E-state index contributed by atoms with van der Waals surface area (Å²) in [5.74, 6) is 1.39. The highest BCUT2D eigenvalue weighted by atomic mass is 16.5. The van der Waals surface area contributed by atoms with Gasteiger partial charge in [-0.15, -0.1) is 0 Å². The van der Waals surface area contributed by atoms with Crippen molar-refractivity contribution in [3.8, 4) is 17.2 Å². The van der Waals surface area contributed by atoms with Crippen LogP contribution in [0.4, 0.5) is 5.69 Å². The minimum absolute atomic E-state index is 0.0609. The fourth-order valence-electron chi connectivity index (χ4n) is 6.17. The van der Waals surface area contributed by atoms with Gasteiger partial charge in [0.05, 0.1) is 27.9 Å². The molecule has 36 heavy (non-hydrogen) atoms. The second-order valence-electron chi connectivity index (χ2n) is 9.89. The number of amides is 2. The van der Waals surface area contributed by atoms with Gasteiger partial charge in [-0.2, -0.15) is 0 Å². The van der Waals surface area contributed by atoms with Crippen molar-refractivity contribution >= 4 is 17.5 Å². The first-order chi connectivity index (χ1) is 17.5. The van der Waals surface area contributed by atoms with E-state index in [1.54, 1.807) is 19.2 Å². The zero-order valence-electron chi connectivity index (χ0n) is 21.3. The number of carbonyl (C=O) groups excluding carboxylic acids is 2. The van der Waals surface area contributed by atoms with Gasteiger partial charge in [-0.1, -0.05) is 24.6 Å². The first kappa shape index (κ1) is 24.4. The number of carbonyl (C=O) groups is 2. The van der Waals surface area contributed by atoms with Gasteiger partial charge in [0, 0.05) is 35.9 Å². The molecule has 0 radical (unpaired) electrons. The van der Waals surface area contributed by atoms with E-state index < -0.39 is 0 Å². The second kappa shape index (κ2) is 10.4. The Morgan fingerprint density at radius 3 is 2.28 bits per heavy atom. The maximum Gasteiger partial charge on any atom is 0.251 e. The molecule has 192 valence electrons. The Kier molecular flexibility index (Phi) is 7.05. The van der Waals surface area contributed by atoms with Crippen LogP contribution in [-0.4, -0.2) is 69.3 Å². The Balaban J connectivity index is 1.25. The van der Waals surface area contributed by atoms with Crippen LogP contribution in [0.5, 0.6) is 17.2 Å². The van der Waals surface area contributed by atoms with Crippen molar-refractivity contribution in [3.63, 3.8) is 0 Å². The topological polar surface area (TPSA) is 80.3 Å². The number of methoxy groups -OCH3 is 3. The number of anilines is 1. The zero-order chi connectivity index (χ0) is 25.2. The number of ether oxygens (including phenoxy) is 3. The summed E-state index contributed by atoms with van der Waals surface area (Å²) in [5, 5.41) is 3.23. The number of piperidine rings is 2. The monoisotopic (exact) mass is 493 g/mol. The average Bonchev–Trinajstić information content (AvgIpc) is 3.32. The molecule has 2 bridgehead atoms. The molecule has 2 fully saturated rings. The average molecular weight is 494 g/mol. The molecule has 8 heteroatoms. The van der Waals surface area contributed by atoms with Gasteiger partial charge in [0.2, 0.25) is 11.7 Å². The SMILES string of the molecule is COc1cc(C(=O)NC2CC3CCCC(C2)N3CC(=O)N2CCc3ccccc32)cc(OC)c1OC. The van der Waals surface area contributed by atoms with E-state index in [-0.39, 0.29) is 17.9 Å². The van der Waals surface area contributed by atoms with Crippen LogP contribution in [0.25, 0.3) is 0 Å². The van der Waals surface area contributed by atoms with Crippen molar-refractivity contribution in [2.75, 3.05) is 39.3 Å². The van der Waals surface area contributed by atoms with E-state index in [9.17, 15) is 9.59 Å². The molecule has 0 aliphatic carbocycles. The molecular formula is C28H35N3O5. The summed E-state index contributed by atoms with van der Waals surface area (Å²) < 4.78 is 16.2. The van der Waals surface area contributed by atoms with Gasteiger partial charge in [0.15, 0.2) is 11.5 Å². The van der Waals surface area contributed by atoms with Crippen LogP contribution in [0, 0.1) is 0 Å². The minimum atomic E-state index is -0.157. The van der Waals surface area contributed by atoms with Crippen molar-refractivity contribution in [2.45, 2.75) is 56.7 Å². The van der Waals surface area contributed by atoms with Gasteiger partial charge in [0.1, 0.15) is 0 Å². The van der Waals surface area contributed by atoms with E-state index in [0.717, 1.165) is 44.3 Å². The van der Waals surface area contributed by atoms with Crippen molar-refractivity contribution in [1.29, 1.82) is 0 Å². The molecule has 3 aliphatic rings. The molecule has 0 saturated carbocycles. The largest absolute Gasteiger partial charge is 0.493 e. The quantitative estimate of drug-likeness (QED) is 0.637. The van der Waals surface area contributed by atoms with Crippen LogP contribution in [0.3, 0.4) is 0 Å². The lowest BCUT2D eigenvalue weighted by Gasteiger charge is -2.49. The minimum Gasteiger partial charge on any atom is -0.493 e. The zero-order valence-corrected chi connectivity index (χ0v) is 21.3. The lowest BCUT2D eigenvalue weighted by Crippen LogP contribution is -2.59. The third-order valence-electron chi connectivity index (χ3n) is 7.89. The summed E-state index contributed by atoms with van der Waals surface area (Å²) in [6.45, 7) is 1.20. The molecule has 1 N–H and O–H groups in total. The lowest BCUT2D eigenvalue weighted by molar-refractivity contribution is -0.122. The summed E-state index contributed by atoms with van der Waals surface area (Å²) in [5.41, 5.74) is 2.78. The summed E-state index contributed by atoms with van der Waals surface area (Å²) in [6.07, 6.45) is 5.88. The molecular weight excluding hydrogens is 458 g/mol. The Hall–Kier alpha value is -3.26. The van der Waals surface area contributed by atoms with Crippen LogP contribution >= 0.6 is 0 Å². The Morgan fingerprint density at radius 1 is 0.972 bits per heavy atom. The summed E-state index contributed by atoms with van der Waals surface area (Å²) in [7, 11) is 4.62. The molecule has 3 heterocycles. The Labute approximate surface area is 212 Å². The second-order valence-corrected chi connectivity index (χ2v) is 9.89. The molecule has 2 saturated heterocycles. The van der Waals surface area contributed by atoms with Crippen LogP contribution in [0.1, 0.15) is 48.0 Å². The van der Waals surface area contributed by atoms with Crippen molar-refractivity contribution in [2.24, 2.45) is 0 Å². The van der Waals surface area contributed by atoms with E-state index >= 15 is 0 Å². The van der Waals surface area contributed by atoms with Gasteiger partial charge >= 0.3 is 0 Å². The van der Waals surface area contributed by atoms with Gasteiger partial charge in [-0.05, 0) is 55.9 Å². The predicted molar refractivity (Wildman–Crippen MR) is 137 cm³/mol. The number of fused-ring (bicyclic) bond motifs is 3. The van der Waals surface area contributed by atoms with E-state index in [0.29, 0.717) is 41.4 Å². The normalized spacial score (nSPS) is 23.1. The maximum atomic E-state index is 13.3. The number of hydrogen-bond donors (Lipinski definition) is 1. The number of nitrogens with one attached hydrogen (secondary N) is 1. The number of benzene rings is 2. The van der Waals surface area contributed by atoms with Crippen molar-refractivity contribution in [3.05, 3.63) is 47.5 Å². The van der Waals surface area contributed by atoms with Gasteiger partial charge < -0.3 is 24.4 Å². The first-order valence-corrected chi connectivity index (χ1v) is 12.8. The number of para-hydroxylation sites is 1. The standard InChI is InChI=1S/C28H35N3O5/c1-34-24-13-19(14-25(35-2)27(24)36-3)28(33)29-20-15-21-8-6-9-22(16-20)31(21)17-26(32)30-12-11-18-7-4-5-10-23(18)30/h4-5,7,10,13-14,20-22H,6,8-9,11-12,15-17H2,1-3H3,(H,29,33). The van der Waals surface area contributed by atoms with E-state index in [2.05, 4.69) is 16.3 Å². The van der Waals surface area contributed by atoms with Crippen LogP contribution < -0.4 is 24.4 Å². The number of rotatable bonds is 7. The molecule has 2 atom stereocenters. The van der Waals surface area contributed by atoms with Gasteiger partial charge in [-0.25, -0.2) is 0 Å². The Morgan fingerprint density at radius 2 is 1.64 bits per heavy atom. The van der Waals surface area contributed by atoms with Crippen LogP contribution in [0.15, 0.2) is 36.4 Å². The molecule has 0 aromatic heterocycles. The van der Waals surface area contributed by atoms with E-state index in [4.69, 9.17) is 14.2 Å². The fraction of sp³-hybridized carbons (Fsp3) is 0.500. The first-order valence-electron chi connectivity index (χ1n) is 12.8. The fourth-order valence-corrected chi connectivity index (χ4v) is 6.17. The molecule has 2 amide bonds. The number of hydrogen-bond acceptors (Lipinski definition) is 6. The molecule has 5 rings (SSSR count). The Bertz CT molecular complexity index is 1100. The third kappa shape index (κ3) is 4.62. The smallest absolute Gasteiger partial charge is 0.251 e. The van der Waals surface area contributed by atoms with Crippen LogP contribution in [0.2, 0.25) is 0 Å². The van der Waals surface area contributed by atoms with Gasteiger partial charge in [-0.3, -0.25) is 14.5 Å². The summed E-state index contributed by atoms with van der Waals surface area (Å²) in [6, 6.07) is 12.2. The lowest BCUT2D eigenvalue weighted by atomic mass is 9.81. The molecule has 3 aliphatic heterocycles. The van der Waals surface area contributed by atoms with Crippen LogP contribution in [-0.2, 0) is 11.2 Å². The summed E-state index contributed by atoms with van der Waals surface area (Å²) in [4.78, 5) is 30.8. The summed E-state index contributed by atoms with van der Waals surface area (Å²) >= 11 is 0. The highest BCUT2D eigenvalue weighted by Crippen LogP contribution is 2.39. The number of nitrogens with zero attached hydrogens (tertiary/aromatic N) is 2. The highest BCUT2D eigenvalue weighted by Gasteiger charge is 2.40. The van der Waals surface area contributed by atoms with Crippen molar-refractivity contribution in [1.82, 2.24) is 10.2 Å². The maximum absolute atomic E-state index is 13.3. The molecule has 2 aromatic rings. The molecule has 2 unspecified atom stereocenters.